The summed E-state index contributed by atoms with van der Waals surface area (Å²) in [5.74, 6) is 0.973. The molecule has 0 atom stereocenters. The highest BCUT2D eigenvalue weighted by Crippen LogP contribution is 2.38. The molecule has 0 amide bonds. The molecule has 0 saturated carbocycles. The first-order chi connectivity index (χ1) is 11.7. The molecule has 24 heavy (non-hydrogen) atoms. The van der Waals surface area contributed by atoms with Crippen molar-refractivity contribution in [3.63, 3.8) is 0 Å². The Labute approximate surface area is 152 Å². The van der Waals surface area contributed by atoms with Crippen molar-refractivity contribution >= 4 is 50.4 Å². The molecule has 0 unspecified atom stereocenters. The van der Waals surface area contributed by atoms with E-state index in [4.69, 9.17) is 11.6 Å². The van der Waals surface area contributed by atoms with Crippen LogP contribution in [0.4, 0.5) is 0 Å². The van der Waals surface area contributed by atoms with Gasteiger partial charge in [-0.1, -0.05) is 65.5 Å². The van der Waals surface area contributed by atoms with E-state index >= 15 is 0 Å². The number of halogens is 1. The minimum absolute atomic E-state index is 0.0936. The predicted molar refractivity (Wildman–Crippen MR) is 106 cm³/mol. The van der Waals surface area contributed by atoms with Crippen LogP contribution in [0.1, 0.15) is 0 Å². The minimum Gasteiger partial charge on any atom is -0.321 e. The molecule has 0 bridgehead atoms. The van der Waals surface area contributed by atoms with Gasteiger partial charge in [0.25, 0.3) is 5.56 Å². The van der Waals surface area contributed by atoms with E-state index in [1.807, 2.05) is 42.5 Å². The number of hydrogen-bond donors (Lipinski definition) is 1. The van der Waals surface area contributed by atoms with Crippen LogP contribution in [0.15, 0.2) is 63.2 Å². The highest BCUT2D eigenvalue weighted by Gasteiger charge is 2.19. The first-order valence-corrected chi connectivity index (χ1v) is 9.66. The van der Waals surface area contributed by atoms with Gasteiger partial charge in [-0.15, -0.1) is 0 Å². The molecule has 1 N–H and O–H groups in total. The van der Waals surface area contributed by atoms with Gasteiger partial charge in [0.05, 0.1) is 11.4 Å². The molecule has 0 radical (unpaired) electrons. The molecular weight excluding hydrogens is 360 g/mol. The second-order valence-corrected chi connectivity index (χ2v) is 8.09. The molecule has 2 aromatic carbocycles. The van der Waals surface area contributed by atoms with Crippen molar-refractivity contribution in [3.8, 4) is 11.1 Å². The average molecular weight is 373 g/mol. The smallest absolute Gasteiger partial charge is 0.263 e. The SMILES string of the molecule is O=c1[nH]c2ccc(Cl)cc2c(-c2ccccc2)c1SC1=NCCS1. The fourth-order valence-corrected chi connectivity index (χ4v) is 4.95. The van der Waals surface area contributed by atoms with Crippen molar-refractivity contribution in [2.24, 2.45) is 4.99 Å². The van der Waals surface area contributed by atoms with E-state index in [1.165, 1.54) is 11.8 Å². The standard InChI is InChI=1S/C18H13ClN2OS2/c19-12-6-7-14-13(10-12)15(11-4-2-1-3-5-11)16(17(22)21-14)24-18-20-8-9-23-18/h1-7,10H,8-9H2,(H,21,22). The molecule has 0 saturated heterocycles. The summed E-state index contributed by atoms with van der Waals surface area (Å²) < 4.78 is 0.944. The number of hydrogen-bond acceptors (Lipinski definition) is 4. The van der Waals surface area contributed by atoms with Crippen molar-refractivity contribution in [2.75, 3.05) is 12.3 Å². The quantitative estimate of drug-likeness (QED) is 0.685. The number of pyridine rings is 1. The molecule has 0 fully saturated rings. The summed E-state index contributed by atoms with van der Waals surface area (Å²) in [4.78, 5) is 20.8. The van der Waals surface area contributed by atoms with Gasteiger partial charge in [-0.3, -0.25) is 9.79 Å². The summed E-state index contributed by atoms with van der Waals surface area (Å²) in [6.07, 6.45) is 0. The zero-order valence-corrected chi connectivity index (χ0v) is 15.0. The Bertz CT molecular complexity index is 999. The number of aromatic amines is 1. The zero-order chi connectivity index (χ0) is 16.5. The molecule has 120 valence electrons. The first kappa shape index (κ1) is 15.8. The van der Waals surface area contributed by atoms with Crippen LogP contribution in [0.2, 0.25) is 5.02 Å². The second kappa shape index (κ2) is 6.67. The summed E-state index contributed by atoms with van der Waals surface area (Å²) in [5, 5.41) is 1.59. The summed E-state index contributed by atoms with van der Waals surface area (Å²) in [6, 6.07) is 15.5. The van der Waals surface area contributed by atoms with Crippen LogP contribution in [0.3, 0.4) is 0 Å². The number of rotatable bonds is 2. The average Bonchev–Trinajstić information content (AvgIpc) is 3.10. The molecule has 3 nitrogen and oxygen atoms in total. The fraction of sp³-hybridized carbons (Fsp3) is 0.111. The number of H-pyrrole nitrogens is 1. The molecule has 1 aliphatic heterocycles. The molecule has 0 spiro atoms. The van der Waals surface area contributed by atoms with Crippen LogP contribution < -0.4 is 5.56 Å². The van der Waals surface area contributed by atoms with Crippen LogP contribution in [0, 0.1) is 0 Å². The summed E-state index contributed by atoms with van der Waals surface area (Å²) in [5.41, 5.74) is 2.61. The predicted octanol–water partition coefficient (Wildman–Crippen LogP) is 5.04. The van der Waals surface area contributed by atoms with Crippen molar-refractivity contribution < 1.29 is 0 Å². The summed E-state index contributed by atoms with van der Waals surface area (Å²) in [7, 11) is 0. The highest BCUT2D eigenvalue weighted by atomic mass is 35.5. The number of nitrogens with zero attached hydrogens (tertiary/aromatic N) is 1. The first-order valence-electron chi connectivity index (χ1n) is 7.48. The molecule has 3 aromatic rings. The lowest BCUT2D eigenvalue weighted by molar-refractivity contribution is 1.18. The molecule has 6 heteroatoms. The van der Waals surface area contributed by atoms with Gasteiger partial charge >= 0.3 is 0 Å². The Hall–Kier alpha value is -1.69. The third kappa shape index (κ3) is 2.99. The van der Waals surface area contributed by atoms with Gasteiger partial charge < -0.3 is 4.98 Å². The Morgan fingerprint density at radius 3 is 2.75 bits per heavy atom. The Balaban J connectivity index is 2.02. The normalized spacial score (nSPS) is 14.1. The number of aliphatic imine (C=N–C) groups is 1. The zero-order valence-electron chi connectivity index (χ0n) is 12.6. The topological polar surface area (TPSA) is 45.2 Å². The van der Waals surface area contributed by atoms with E-state index in [0.717, 1.165) is 38.7 Å². The molecule has 0 aliphatic carbocycles. The van der Waals surface area contributed by atoms with Crippen molar-refractivity contribution in [1.82, 2.24) is 4.98 Å². The highest BCUT2D eigenvalue weighted by molar-refractivity contribution is 8.39. The Kier molecular flexibility index (Phi) is 4.39. The van der Waals surface area contributed by atoms with Crippen LogP contribution >= 0.6 is 35.1 Å². The van der Waals surface area contributed by atoms with E-state index in [1.54, 1.807) is 17.8 Å². The van der Waals surface area contributed by atoms with Crippen molar-refractivity contribution in [2.45, 2.75) is 4.90 Å². The monoisotopic (exact) mass is 372 g/mol. The third-order valence-electron chi connectivity index (χ3n) is 3.74. The lowest BCUT2D eigenvalue weighted by atomic mass is 10.0. The molecular formula is C18H13ClN2OS2. The van der Waals surface area contributed by atoms with Gasteiger partial charge in [0.2, 0.25) is 0 Å². The van der Waals surface area contributed by atoms with E-state index in [9.17, 15) is 4.79 Å². The lowest BCUT2D eigenvalue weighted by Crippen LogP contribution is -2.11. The van der Waals surface area contributed by atoms with E-state index < -0.39 is 0 Å². The van der Waals surface area contributed by atoms with E-state index in [-0.39, 0.29) is 5.56 Å². The van der Waals surface area contributed by atoms with Gasteiger partial charge in [-0.2, -0.15) is 0 Å². The maximum atomic E-state index is 12.7. The summed E-state index contributed by atoms with van der Waals surface area (Å²) in [6.45, 7) is 0.811. The number of fused-ring (bicyclic) bond motifs is 1. The fourth-order valence-electron chi connectivity index (χ4n) is 2.70. The van der Waals surface area contributed by atoms with Crippen LogP contribution in [0.5, 0.6) is 0 Å². The van der Waals surface area contributed by atoms with Gasteiger partial charge in [0.15, 0.2) is 0 Å². The Morgan fingerprint density at radius 1 is 1.17 bits per heavy atom. The van der Waals surface area contributed by atoms with Gasteiger partial charge in [0, 0.05) is 27.2 Å². The largest absolute Gasteiger partial charge is 0.321 e. The molecule has 1 aliphatic rings. The molecule has 4 rings (SSSR count). The van der Waals surface area contributed by atoms with Crippen LogP contribution in [-0.2, 0) is 0 Å². The maximum Gasteiger partial charge on any atom is 0.263 e. The number of thioether (sulfide) groups is 2. The number of benzene rings is 2. The van der Waals surface area contributed by atoms with Crippen molar-refractivity contribution in [1.29, 1.82) is 0 Å². The minimum atomic E-state index is -0.0936. The number of nitrogens with one attached hydrogen (secondary N) is 1. The number of aromatic nitrogens is 1. The maximum absolute atomic E-state index is 12.7. The van der Waals surface area contributed by atoms with Crippen molar-refractivity contribution in [3.05, 3.63) is 63.9 Å². The second-order valence-electron chi connectivity index (χ2n) is 5.31. The lowest BCUT2D eigenvalue weighted by Gasteiger charge is -2.12. The van der Waals surface area contributed by atoms with E-state index in [0.29, 0.717) is 9.92 Å². The molecule has 1 aromatic heterocycles. The third-order valence-corrected chi connectivity index (χ3v) is 6.24. The van der Waals surface area contributed by atoms with Gasteiger partial charge in [0.1, 0.15) is 4.38 Å². The van der Waals surface area contributed by atoms with E-state index in [2.05, 4.69) is 9.98 Å². The van der Waals surface area contributed by atoms with Gasteiger partial charge in [-0.25, -0.2) is 0 Å². The van der Waals surface area contributed by atoms with Crippen LogP contribution in [0.25, 0.3) is 22.0 Å². The Morgan fingerprint density at radius 2 is 2.00 bits per heavy atom. The van der Waals surface area contributed by atoms with Gasteiger partial charge in [-0.05, 0) is 23.8 Å². The summed E-state index contributed by atoms with van der Waals surface area (Å²) >= 11 is 9.35. The van der Waals surface area contributed by atoms with Crippen LogP contribution in [-0.4, -0.2) is 21.7 Å². The molecule has 2 heterocycles.